The average Bonchev–Trinajstić information content (AvgIpc) is 2.69. The van der Waals surface area contributed by atoms with E-state index in [4.69, 9.17) is 5.11 Å². The van der Waals surface area contributed by atoms with Crippen molar-refractivity contribution < 1.29 is 32.6 Å². The fraction of sp³-hybridized carbons (Fsp3) is 0.714. The zero-order valence-corrected chi connectivity index (χ0v) is 17.8. The highest BCUT2D eigenvalue weighted by atomic mass is 19.4. The van der Waals surface area contributed by atoms with Crippen molar-refractivity contribution in [2.45, 2.75) is 83.7 Å². The van der Waals surface area contributed by atoms with E-state index in [0.717, 1.165) is 26.2 Å². The quantitative estimate of drug-likeness (QED) is 0.288. The first-order valence-corrected chi connectivity index (χ1v) is 10.3. The van der Waals surface area contributed by atoms with Gasteiger partial charge in [0.25, 0.3) is 0 Å². The molecule has 0 aliphatic carbocycles. The van der Waals surface area contributed by atoms with Gasteiger partial charge in [0, 0.05) is 18.3 Å². The van der Waals surface area contributed by atoms with Gasteiger partial charge >= 0.3 is 12.1 Å². The molecule has 0 bridgehead atoms. The minimum atomic E-state index is -4.57. The number of aliphatic hydroxyl groups is 1. The third-order valence-corrected chi connectivity index (χ3v) is 4.52. The molecular formula is C21H34F4N2O3. The van der Waals surface area contributed by atoms with Crippen LogP contribution in [0.2, 0.25) is 0 Å². The van der Waals surface area contributed by atoms with Crippen molar-refractivity contribution in [1.82, 2.24) is 10.3 Å². The van der Waals surface area contributed by atoms with E-state index in [0.29, 0.717) is 6.54 Å². The Morgan fingerprint density at radius 3 is 2.13 bits per heavy atom. The number of carbonyl (C=O) groups is 1. The van der Waals surface area contributed by atoms with E-state index in [1.807, 2.05) is 0 Å². The SMILES string of the molecule is CCCCCCCCCCNC[C@@](C)(O)C(F)(F)F.O=C(O)c1ncccc1CF. The van der Waals surface area contributed by atoms with Crippen LogP contribution in [0.4, 0.5) is 17.6 Å². The van der Waals surface area contributed by atoms with Crippen molar-refractivity contribution in [2.75, 3.05) is 13.1 Å². The highest BCUT2D eigenvalue weighted by Crippen LogP contribution is 2.29. The number of carboxylic acids is 1. The molecule has 0 aromatic carbocycles. The Bertz CT molecular complexity index is 596. The lowest BCUT2D eigenvalue weighted by molar-refractivity contribution is -0.250. The van der Waals surface area contributed by atoms with Gasteiger partial charge in [0.15, 0.2) is 11.3 Å². The van der Waals surface area contributed by atoms with Gasteiger partial charge in [0.2, 0.25) is 0 Å². The molecule has 0 radical (unpaired) electrons. The molecule has 1 heterocycles. The minimum Gasteiger partial charge on any atom is -0.477 e. The normalized spacial score (nSPS) is 13.3. The Kier molecular flexibility index (Phi) is 14.2. The van der Waals surface area contributed by atoms with E-state index in [2.05, 4.69) is 17.2 Å². The smallest absolute Gasteiger partial charge is 0.418 e. The molecule has 1 rings (SSSR count). The van der Waals surface area contributed by atoms with Gasteiger partial charge in [-0.3, -0.25) is 0 Å². The van der Waals surface area contributed by atoms with Gasteiger partial charge in [0.1, 0.15) is 6.67 Å². The third kappa shape index (κ3) is 12.1. The maximum absolute atomic E-state index is 12.3. The van der Waals surface area contributed by atoms with E-state index in [1.165, 1.54) is 50.4 Å². The zero-order chi connectivity index (χ0) is 23.0. The second kappa shape index (κ2) is 15.1. The lowest BCUT2D eigenvalue weighted by Crippen LogP contribution is -2.50. The summed E-state index contributed by atoms with van der Waals surface area (Å²) in [7, 11) is 0. The summed E-state index contributed by atoms with van der Waals surface area (Å²) in [5, 5.41) is 20.3. The van der Waals surface area contributed by atoms with Gasteiger partial charge in [-0.1, -0.05) is 57.9 Å². The van der Waals surface area contributed by atoms with Crippen molar-refractivity contribution in [1.29, 1.82) is 0 Å². The monoisotopic (exact) mass is 438 g/mol. The van der Waals surface area contributed by atoms with Crippen LogP contribution < -0.4 is 5.32 Å². The molecule has 0 fully saturated rings. The number of nitrogens with one attached hydrogen (secondary N) is 1. The summed E-state index contributed by atoms with van der Waals surface area (Å²) in [6.07, 6.45) is 6.06. The number of aromatic nitrogens is 1. The predicted molar refractivity (Wildman–Crippen MR) is 108 cm³/mol. The molecule has 0 amide bonds. The van der Waals surface area contributed by atoms with Crippen LogP contribution in [-0.2, 0) is 6.67 Å². The van der Waals surface area contributed by atoms with Crippen molar-refractivity contribution in [3.8, 4) is 0 Å². The third-order valence-electron chi connectivity index (χ3n) is 4.52. The molecule has 0 aliphatic heterocycles. The summed E-state index contributed by atoms with van der Waals surface area (Å²) in [6.45, 7) is 2.28. The predicted octanol–water partition coefficient (Wildman–Crippen LogP) is 5.28. The standard InChI is InChI=1S/C14H28F3NO.C7H6FNO2/c1-3-4-5-6-7-8-9-10-11-18-12-13(2,19)14(15,16)17;8-4-5-2-1-3-9-6(5)7(10)11/h18-19H,3-12H2,1-2H3;1-3H,4H2,(H,10,11)/t13-;/m1./s1. The van der Waals surface area contributed by atoms with Gasteiger partial charge in [-0.05, 0) is 26.0 Å². The fourth-order valence-electron chi connectivity index (χ4n) is 2.55. The topological polar surface area (TPSA) is 82.5 Å². The number of hydrogen-bond donors (Lipinski definition) is 3. The molecule has 0 spiro atoms. The summed E-state index contributed by atoms with van der Waals surface area (Å²) in [4.78, 5) is 13.9. The Hall–Kier alpha value is -1.74. The van der Waals surface area contributed by atoms with Crippen LogP contribution in [0.25, 0.3) is 0 Å². The maximum atomic E-state index is 12.3. The highest BCUT2D eigenvalue weighted by Gasteiger charge is 2.49. The highest BCUT2D eigenvalue weighted by molar-refractivity contribution is 5.86. The number of halogens is 4. The van der Waals surface area contributed by atoms with E-state index >= 15 is 0 Å². The lowest BCUT2D eigenvalue weighted by atomic mass is 10.1. The number of aromatic carboxylic acids is 1. The Morgan fingerprint density at radius 1 is 1.10 bits per heavy atom. The van der Waals surface area contributed by atoms with Crippen molar-refractivity contribution >= 4 is 5.97 Å². The summed E-state index contributed by atoms with van der Waals surface area (Å²) in [5.74, 6) is -1.20. The van der Waals surface area contributed by atoms with Gasteiger partial charge < -0.3 is 15.5 Å². The van der Waals surface area contributed by atoms with Crippen LogP contribution in [0, 0.1) is 0 Å². The van der Waals surface area contributed by atoms with E-state index < -0.39 is 31.0 Å². The molecule has 0 unspecified atom stereocenters. The zero-order valence-electron chi connectivity index (χ0n) is 17.8. The number of hydrogen-bond acceptors (Lipinski definition) is 4. The number of carboxylic acid groups (broad SMARTS) is 1. The molecule has 0 saturated carbocycles. The van der Waals surface area contributed by atoms with Crippen LogP contribution in [0.5, 0.6) is 0 Å². The molecule has 0 aliphatic rings. The molecule has 5 nitrogen and oxygen atoms in total. The Balaban J connectivity index is 0.000000642. The summed E-state index contributed by atoms with van der Waals surface area (Å²) in [6, 6.07) is 2.90. The molecule has 1 atom stereocenters. The molecule has 1 aromatic rings. The second-order valence-corrected chi connectivity index (χ2v) is 7.37. The first-order chi connectivity index (χ1) is 14.1. The number of unbranched alkanes of at least 4 members (excludes halogenated alkanes) is 7. The molecule has 9 heteroatoms. The Labute approximate surface area is 175 Å². The maximum Gasteiger partial charge on any atom is 0.418 e. The number of pyridine rings is 1. The van der Waals surface area contributed by atoms with Crippen LogP contribution in [0.3, 0.4) is 0 Å². The van der Waals surface area contributed by atoms with Gasteiger partial charge in [0.05, 0.1) is 0 Å². The van der Waals surface area contributed by atoms with E-state index in [9.17, 15) is 27.5 Å². The summed E-state index contributed by atoms with van der Waals surface area (Å²) < 4.78 is 49.0. The van der Waals surface area contributed by atoms with Crippen molar-refractivity contribution in [3.05, 3.63) is 29.6 Å². The number of alkyl halides is 4. The van der Waals surface area contributed by atoms with Crippen LogP contribution >= 0.6 is 0 Å². The largest absolute Gasteiger partial charge is 0.477 e. The van der Waals surface area contributed by atoms with Crippen molar-refractivity contribution in [3.63, 3.8) is 0 Å². The Morgan fingerprint density at radius 2 is 1.67 bits per heavy atom. The van der Waals surface area contributed by atoms with Crippen LogP contribution in [0.15, 0.2) is 18.3 Å². The molecule has 3 N–H and O–H groups in total. The lowest BCUT2D eigenvalue weighted by Gasteiger charge is -2.26. The van der Waals surface area contributed by atoms with E-state index in [-0.39, 0.29) is 11.3 Å². The molecule has 30 heavy (non-hydrogen) atoms. The number of nitrogens with zero attached hydrogens (tertiary/aromatic N) is 1. The molecule has 0 saturated heterocycles. The van der Waals surface area contributed by atoms with Crippen LogP contribution in [0.1, 0.15) is 81.3 Å². The van der Waals surface area contributed by atoms with Crippen LogP contribution in [-0.4, -0.2) is 46.0 Å². The average molecular weight is 439 g/mol. The first kappa shape index (κ1) is 28.3. The molecular weight excluding hydrogens is 404 g/mol. The minimum absolute atomic E-state index is 0.111. The van der Waals surface area contributed by atoms with Gasteiger partial charge in [-0.25, -0.2) is 14.2 Å². The molecule has 174 valence electrons. The van der Waals surface area contributed by atoms with Crippen molar-refractivity contribution in [2.24, 2.45) is 0 Å². The van der Waals surface area contributed by atoms with Gasteiger partial charge in [-0.2, -0.15) is 13.2 Å². The summed E-state index contributed by atoms with van der Waals surface area (Å²) in [5.41, 5.74) is -2.73. The first-order valence-electron chi connectivity index (χ1n) is 10.3. The number of rotatable bonds is 13. The summed E-state index contributed by atoms with van der Waals surface area (Å²) >= 11 is 0. The van der Waals surface area contributed by atoms with E-state index in [1.54, 1.807) is 0 Å². The van der Waals surface area contributed by atoms with Gasteiger partial charge in [-0.15, -0.1) is 0 Å². The molecule has 1 aromatic heterocycles. The second-order valence-electron chi connectivity index (χ2n) is 7.37. The fourth-order valence-corrected chi connectivity index (χ4v) is 2.55.